The predicted molar refractivity (Wildman–Crippen MR) is 72.5 cm³/mol. The van der Waals surface area contributed by atoms with E-state index in [4.69, 9.17) is 10.5 Å². The summed E-state index contributed by atoms with van der Waals surface area (Å²) in [5.74, 6) is 0.546. The van der Waals surface area contributed by atoms with Gasteiger partial charge in [0.1, 0.15) is 5.75 Å². The van der Waals surface area contributed by atoms with Crippen molar-refractivity contribution in [2.75, 3.05) is 18.9 Å². The minimum Gasteiger partial charge on any atom is -0.483 e. The van der Waals surface area contributed by atoms with Crippen molar-refractivity contribution in [3.63, 3.8) is 0 Å². The molecule has 0 aromatic heterocycles. The maximum absolute atomic E-state index is 11.4. The Hall–Kier alpha value is -2.23. The molecule has 2 aromatic carbocycles. The molecule has 1 amide bonds. The third-order valence-corrected chi connectivity index (χ3v) is 2.65. The second-order valence-corrected chi connectivity index (χ2v) is 3.94. The van der Waals surface area contributed by atoms with Crippen LogP contribution in [0.3, 0.4) is 0 Å². The molecule has 0 bridgehead atoms. The van der Waals surface area contributed by atoms with Crippen molar-refractivity contribution in [2.45, 2.75) is 6.92 Å². The monoisotopic (exact) mass is 244 g/mol. The van der Waals surface area contributed by atoms with Gasteiger partial charge in [-0.1, -0.05) is 24.3 Å². The highest BCUT2D eigenvalue weighted by atomic mass is 16.5. The van der Waals surface area contributed by atoms with E-state index in [2.05, 4.69) is 5.32 Å². The van der Waals surface area contributed by atoms with Crippen molar-refractivity contribution in [2.24, 2.45) is 0 Å². The first-order chi connectivity index (χ1) is 8.72. The lowest BCUT2D eigenvalue weighted by molar-refractivity contribution is -0.122. The second kappa shape index (κ2) is 5.40. The first-order valence-corrected chi connectivity index (χ1v) is 5.89. The minimum absolute atomic E-state index is 0.0156. The van der Waals surface area contributed by atoms with Gasteiger partial charge in [0.05, 0.1) is 0 Å². The molecular weight excluding hydrogens is 228 g/mol. The van der Waals surface area contributed by atoms with Crippen LogP contribution in [0.5, 0.6) is 5.75 Å². The molecule has 2 aromatic rings. The number of carbonyl (C=O) groups is 1. The molecule has 4 nitrogen and oxygen atoms in total. The Morgan fingerprint density at radius 2 is 1.94 bits per heavy atom. The number of amides is 1. The van der Waals surface area contributed by atoms with Gasteiger partial charge >= 0.3 is 0 Å². The van der Waals surface area contributed by atoms with E-state index in [1.165, 1.54) is 0 Å². The summed E-state index contributed by atoms with van der Waals surface area (Å²) in [5.41, 5.74) is 6.60. The van der Waals surface area contributed by atoms with Crippen molar-refractivity contribution >= 4 is 22.4 Å². The first kappa shape index (κ1) is 12.2. The normalized spacial score (nSPS) is 10.3. The number of nitrogens with one attached hydrogen (secondary N) is 1. The third kappa shape index (κ3) is 2.53. The Kier molecular flexibility index (Phi) is 3.67. The molecule has 0 heterocycles. The van der Waals surface area contributed by atoms with Gasteiger partial charge in [0, 0.05) is 23.0 Å². The van der Waals surface area contributed by atoms with E-state index in [9.17, 15) is 4.79 Å². The van der Waals surface area contributed by atoms with Crippen LogP contribution in [0.2, 0.25) is 0 Å². The number of likely N-dealkylation sites (N-methyl/N-ethyl adjacent to an activating group) is 1. The van der Waals surface area contributed by atoms with E-state index in [-0.39, 0.29) is 12.5 Å². The maximum atomic E-state index is 11.4. The number of hydrogen-bond acceptors (Lipinski definition) is 3. The van der Waals surface area contributed by atoms with Gasteiger partial charge in [-0.15, -0.1) is 0 Å². The first-order valence-electron chi connectivity index (χ1n) is 5.89. The molecule has 0 aliphatic carbocycles. The lowest BCUT2D eigenvalue weighted by Crippen LogP contribution is -2.28. The average Bonchev–Trinajstić information content (AvgIpc) is 2.39. The fourth-order valence-electron chi connectivity index (χ4n) is 1.81. The topological polar surface area (TPSA) is 64.3 Å². The number of carbonyl (C=O) groups excluding carboxylic acids is 1. The Morgan fingerprint density at radius 1 is 1.22 bits per heavy atom. The van der Waals surface area contributed by atoms with Crippen LogP contribution in [0.1, 0.15) is 6.92 Å². The Labute approximate surface area is 106 Å². The summed E-state index contributed by atoms with van der Waals surface area (Å²) in [6.07, 6.45) is 0. The molecule has 0 aliphatic rings. The fourth-order valence-corrected chi connectivity index (χ4v) is 1.81. The fraction of sp³-hybridized carbons (Fsp3) is 0.214. The predicted octanol–water partition coefficient (Wildman–Crippen LogP) is 1.94. The highest BCUT2D eigenvalue weighted by molar-refractivity contribution is 5.97. The molecule has 18 heavy (non-hydrogen) atoms. The number of fused-ring (bicyclic) bond motifs is 1. The largest absolute Gasteiger partial charge is 0.483 e. The standard InChI is InChI=1S/C14H16N2O2/c1-2-16-14(17)9-18-13-8-7-12(15)10-5-3-4-6-11(10)13/h3-8H,2,9,15H2,1H3,(H,16,17). The summed E-state index contributed by atoms with van der Waals surface area (Å²) in [5, 5.41) is 4.54. The lowest BCUT2D eigenvalue weighted by Gasteiger charge is -2.10. The van der Waals surface area contributed by atoms with Gasteiger partial charge in [-0.05, 0) is 19.1 Å². The molecule has 0 atom stereocenters. The van der Waals surface area contributed by atoms with Crippen LogP contribution in [-0.4, -0.2) is 19.1 Å². The number of rotatable bonds is 4. The van der Waals surface area contributed by atoms with Crippen molar-refractivity contribution in [1.29, 1.82) is 0 Å². The van der Waals surface area contributed by atoms with Crippen LogP contribution in [0.15, 0.2) is 36.4 Å². The zero-order valence-corrected chi connectivity index (χ0v) is 10.3. The van der Waals surface area contributed by atoms with E-state index >= 15 is 0 Å². The number of hydrogen-bond donors (Lipinski definition) is 2. The third-order valence-electron chi connectivity index (χ3n) is 2.65. The number of benzene rings is 2. The zero-order chi connectivity index (χ0) is 13.0. The number of nitrogen functional groups attached to an aromatic ring is 1. The number of ether oxygens (including phenoxy) is 1. The Balaban J connectivity index is 2.24. The summed E-state index contributed by atoms with van der Waals surface area (Å²) in [4.78, 5) is 11.4. The van der Waals surface area contributed by atoms with Gasteiger partial charge in [0.25, 0.3) is 5.91 Å². The van der Waals surface area contributed by atoms with Crippen LogP contribution in [0.25, 0.3) is 10.8 Å². The minimum atomic E-state index is -0.126. The van der Waals surface area contributed by atoms with Gasteiger partial charge in [-0.3, -0.25) is 4.79 Å². The SMILES string of the molecule is CCNC(=O)COc1ccc(N)c2ccccc12. The van der Waals surface area contributed by atoms with Gasteiger partial charge in [0.15, 0.2) is 6.61 Å². The van der Waals surface area contributed by atoms with Gasteiger partial charge < -0.3 is 15.8 Å². The van der Waals surface area contributed by atoms with E-state index < -0.39 is 0 Å². The average molecular weight is 244 g/mol. The summed E-state index contributed by atoms with van der Waals surface area (Å²) < 4.78 is 5.52. The van der Waals surface area contributed by atoms with Crippen molar-refractivity contribution in [1.82, 2.24) is 5.32 Å². The number of nitrogens with two attached hydrogens (primary N) is 1. The zero-order valence-electron chi connectivity index (χ0n) is 10.3. The smallest absolute Gasteiger partial charge is 0.257 e. The highest BCUT2D eigenvalue weighted by Gasteiger charge is 2.06. The molecule has 0 saturated carbocycles. The molecule has 0 aliphatic heterocycles. The van der Waals surface area contributed by atoms with Crippen LogP contribution in [0.4, 0.5) is 5.69 Å². The summed E-state index contributed by atoms with van der Waals surface area (Å²) in [6, 6.07) is 11.3. The Bertz CT molecular complexity index is 567. The van der Waals surface area contributed by atoms with E-state index in [1.807, 2.05) is 31.2 Å². The van der Waals surface area contributed by atoms with Crippen LogP contribution in [0, 0.1) is 0 Å². The molecule has 94 valence electrons. The summed E-state index contributed by atoms with van der Waals surface area (Å²) in [6.45, 7) is 2.49. The molecule has 2 rings (SSSR count). The molecule has 4 heteroatoms. The highest BCUT2D eigenvalue weighted by Crippen LogP contribution is 2.29. The van der Waals surface area contributed by atoms with Gasteiger partial charge in [-0.25, -0.2) is 0 Å². The molecule has 0 radical (unpaired) electrons. The van der Waals surface area contributed by atoms with Crippen molar-refractivity contribution in [3.8, 4) is 5.75 Å². The van der Waals surface area contributed by atoms with Crippen LogP contribution in [-0.2, 0) is 4.79 Å². The quantitative estimate of drug-likeness (QED) is 0.808. The van der Waals surface area contributed by atoms with Crippen LogP contribution >= 0.6 is 0 Å². The lowest BCUT2D eigenvalue weighted by atomic mass is 10.1. The molecule has 0 spiro atoms. The second-order valence-electron chi connectivity index (χ2n) is 3.94. The summed E-state index contributed by atoms with van der Waals surface area (Å²) >= 11 is 0. The van der Waals surface area contributed by atoms with Gasteiger partial charge in [-0.2, -0.15) is 0 Å². The number of anilines is 1. The van der Waals surface area contributed by atoms with Gasteiger partial charge in [0.2, 0.25) is 0 Å². The molecular formula is C14H16N2O2. The molecule has 0 unspecified atom stereocenters. The molecule has 0 fully saturated rings. The van der Waals surface area contributed by atoms with E-state index in [1.54, 1.807) is 12.1 Å². The van der Waals surface area contributed by atoms with E-state index in [0.717, 1.165) is 10.8 Å². The maximum Gasteiger partial charge on any atom is 0.257 e. The van der Waals surface area contributed by atoms with Crippen LogP contribution < -0.4 is 15.8 Å². The molecule has 3 N–H and O–H groups in total. The molecule has 0 saturated heterocycles. The van der Waals surface area contributed by atoms with Crippen molar-refractivity contribution in [3.05, 3.63) is 36.4 Å². The summed E-state index contributed by atoms with van der Waals surface area (Å²) in [7, 11) is 0. The van der Waals surface area contributed by atoms with E-state index in [0.29, 0.717) is 18.0 Å². The van der Waals surface area contributed by atoms with Crippen molar-refractivity contribution < 1.29 is 9.53 Å². The Morgan fingerprint density at radius 3 is 2.67 bits per heavy atom.